The molecule has 11 atom stereocenters. The molecule has 0 saturated carbocycles. The summed E-state index contributed by atoms with van der Waals surface area (Å²) in [6, 6.07) is 47.5. The third-order valence-electron chi connectivity index (χ3n) is 24.2. The molecule has 4 saturated heterocycles. The van der Waals surface area contributed by atoms with E-state index in [2.05, 4.69) is 50.4 Å². The van der Waals surface area contributed by atoms with Gasteiger partial charge in [0, 0.05) is 48.4 Å². The largest absolute Gasteiger partial charge is 0.497 e. The monoisotopic (exact) mass is 2050 g/mol. The summed E-state index contributed by atoms with van der Waals surface area (Å²) in [6.07, 6.45) is -27.4. The molecule has 8 aromatic rings. The molecule has 6 heterocycles. The van der Waals surface area contributed by atoms with Gasteiger partial charge < -0.3 is 83.9 Å². The van der Waals surface area contributed by atoms with E-state index in [1.807, 2.05) is 190 Å². The van der Waals surface area contributed by atoms with Gasteiger partial charge in [-0.3, -0.25) is 57.5 Å². The average molecular weight is 2050 g/mol. The summed E-state index contributed by atoms with van der Waals surface area (Å²) in [5.41, 5.74) is -4.44. The molecule has 0 spiro atoms. The fraction of sp³-hybridized carbons (Fsp3) is 0.439. The van der Waals surface area contributed by atoms with Gasteiger partial charge in [0.05, 0.1) is 73.8 Å². The zero-order valence-corrected chi connectivity index (χ0v) is 79.0. The van der Waals surface area contributed by atoms with Gasteiger partial charge in [0.15, 0.2) is 12.5 Å². The van der Waals surface area contributed by atoms with Crippen molar-refractivity contribution in [3.63, 3.8) is 0 Å². The molecule has 774 valence electrons. The van der Waals surface area contributed by atoms with E-state index >= 15 is 0 Å². The fourth-order valence-corrected chi connectivity index (χ4v) is 19.2. The molecule has 7 unspecified atom stereocenters. The Bertz CT molecular complexity index is 6090. The lowest BCUT2D eigenvalue weighted by molar-refractivity contribution is -0.180. The van der Waals surface area contributed by atoms with Crippen molar-refractivity contribution in [3.8, 4) is 52.7 Å². The Morgan fingerprint density at radius 3 is 1.19 bits per heavy atom. The minimum atomic E-state index is -5.39. The molecular formula is C98H107F12N12O21P. The van der Waals surface area contributed by atoms with Gasteiger partial charge >= 0.3 is 59.7 Å². The number of nitrogens with one attached hydrogen (secondary N) is 8. The Kier molecular flexibility index (Phi) is 38.1. The van der Waals surface area contributed by atoms with Gasteiger partial charge in [0.2, 0.25) is 11.8 Å². The lowest BCUT2D eigenvalue weighted by Gasteiger charge is -2.44. The van der Waals surface area contributed by atoms with E-state index in [1.54, 1.807) is 44.4 Å². The quantitative estimate of drug-likeness (QED) is 0.00566. The average Bonchev–Trinajstić information content (AvgIpc) is 1.53. The maximum absolute atomic E-state index is 14.0. The zero-order chi connectivity index (χ0) is 104. The number of carbonyl (C=O) groups excluding carboxylic acids is 6. The number of unbranched alkanes of at least 4 members (excludes halogenated alkanes) is 2. The van der Waals surface area contributed by atoms with Crippen LogP contribution in [0.25, 0.3) is 0 Å². The van der Waals surface area contributed by atoms with E-state index in [-0.39, 0.29) is 95.4 Å². The first-order chi connectivity index (χ1) is 67.8. The molecule has 33 nitrogen and oxygen atoms in total. The Balaban J connectivity index is 0.000000298. The number of aliphatic hydroxyl groups excluding tert-OH is 1. The lowest BCUT2D eigenvalue weighted by Crippen LogP contribution is -2.50. The number of nitrogens with zero attached hydrogens (tertiary/aromatic N) is 4. The van der Waals surface area contributed by atoms with Gasteiger partial charge in [0.25, 0.3) is 19.6 Å². The molecule has 4 aliphatic heterocycles. The van der Waals surface area contributed by atoms with Crippen molar-refractivity contribution in [2.75, 3.05) is 74.4 Å². The number of halogens is 12. The van der Waals surface area contributed by atoms with E-state index in [0.717, 1.165) is 54.9 Å². The summed E-state index contributed by atoms with van der Waals surface area (Å²) in [6.45, 7) is 5.58. The third-order valence-corrected chi connectivity index (χ3v) is 26.3. The minimum absolute atomic E-state index is 0. The fourth-order valence-electron chi connectivity index (χ4n) is 17.4. The first-order valence-corrected chi connectivity index (χ1v) is 45.9. The molecule has 2 aromatic heterocycles. The van der Waals surface area contributed by atoms with Gasteiger partial charge in [-0.1, -0.05) is 140 Å². The van der Waals surface area contributed by atoms with Crippen LogP contribution in [0.2, 0.25) is 0 Å². The number of nitriles is 1. The number of hydrogen-bond acceptors (Lipinski definition) is 23. The second kappa shape index (κ2) is 48.8. The van der Waals surface area contributed by atoms with Gasteiger partial charge in [-0.2, -0.15) is 57.9 Å². The maximum Gasteiger partial charge on any atom is 0.471 e. The topological polar surface area (TPSA) is 424 Å². The Morgan fingerprint density at radius 2 is 0.833 bits per heavy atom. The minimum Gasteiger partial charge on any atom is -0.497 e. The molecule has 0 aliphatic carbocycles. The summed E-state index contributed by atoms with van der Waals surface area (Å²) in [5.74, 6) is 0.803. The molecule has 46 heteroatoms. The first-order valence-electron chi connectivity index (χ1n) is 44.7. The van der Waals surface area contributed by atoms with Crippen LogP contribution in [0.15, 0.2) is 189 Å². The molecule has 4 aliphatic rings. The molecule has 9 N–H and O–H groups in total. The predicted molar refractivity (Wildman–Crippen MR) is 496 cm³/mol. The van der Waals surface area contributed by atoms with Crippen molar-refractivity contribution in [2.45, 2.75) is 201 Å². The lowest BCUT2D eigenvalue weighted by atomic mass is 9.63. The molecule has 144 heavy (non-hydrogen) atoms. The number of fused-ring (bicyclic) bond motifs is 4. The molecule has 4 bridgehead atoms. The number of aromatic nitrogens is 4. The van der Waals surface area contributed by atoms with Crippen LogP contribution >= 0.6 is 8.53 Å². The molecular weight excluding hydrogens is 1940 g/mol. The number of H-pyrrole nitrogens is 2. The second-order valence-electron chi connectivity index (χ2n) is 34.0. The summed E-state index contributed by atoms with van der Waals surface area (Å²) in [4.78, 5) is 130. The van der Waals surface area contributed by atoms with E-state index in [9.17, 15) is 111 Å². The van der Waals surface area contributed by atoms with Crippen LogP contribution in [-0.2, 0) is 67.6 Å². The maximum atomic E-state index is 14.0. The van der Waals surface area contributed by atoms with Crippen molar-refractivity contribution in [1.82, 2.24) is 55.7 Å². The first kappa shape index (κ1) is 113. The molecule has 6 amide bonds. The van der Waals surface area contributed by atoms with Crippen molar-refractivity contribution in [2.24, 2.45) is 0 Å². The van der Waals surface area contributed by atoms with Gasteiger partial charge in [-0.15, -0.1) is 0 Å². The van der Waals surface area contributed by atoms with Crippen LogP contribution in [0.3, 0.4) is 0 Å². The summed E-state index contributed by atoms with van der Waals surface area (Å²) >= 11 is 0. The highest BCUT2D eigenvalue weighted by Crippen LogP contribution is 2.61. The summed E-state index contributed by atoms with van der Waals surface area (Å²) < 4.78 is 220. The molecule has 6 aromatic carbocycles. The van der Waals surface area contributed by atoms with Crippen LogP contribution in [0.5, 0.6) is 23.0 Å². The third kappa shape index (κ3) is 26.8. The van der Waals surface area contributed by atoms with Gasteiger partial charge in [0.1, 0.15) is 81.8 Å². The van der Waals surface area contributed by atoms with Gasteiger partial charge in [-0.05, 0) is 161 Å². The van der Waals surface area contributed by atoms with Gasteiger partial charge in [-0.25, -0.2) is 14.3 Å². The van der Waals surface area contributed by atoms with Crippen LogP contribution < -0.4 is 73.3 Å². The molecule has 4 fully saturated rings. The normalized spacial score (nSPS) is 19.1. The highest BCUT2D eigenvalue weighted by Gasteiger charge is 2.68. The smallest absolute Gasteiger partial charge is 0.471 e. The van der Waals surface area contributed by atoms with E-state index in [4.69, 9.17) is 46.9 Å². The number of hydrogen-bond donors (Lipinski definition) is 9. The zero-order valence-electron chi connectivity index (χ0n) is 78.1. The number of amides is 6. The van der Waals surface area contributed by atoms with Crippen molar-refractivity contribution in [1.29, 1.82) is 5.26 Å². The van der Waals surface area contributed by atoms with Crippen LogP contribution in [0.1, 0.15) is 150 Å². The van der Waals surface area contributed by atoms with Crippen molar-refractivity contribution in [3.05, 3.63) is 256 Å². The number of alkyl halides is 12. The Morgan fingerprint density at radius 1 is 0.493 bits per heavy atom. The van der Waals surface area contributed by atoms with Crippen LogP contribution in [-0.4, -0.2) is 223 Å². The number of aliphatic hydroxyl groups is 1. The Labute approximate surface area is 819 Å². The summed E-state index contributed by atoms with van der Waals surface area (Å²) in [5, 5.41) is 32.3. The summed E-state index contributed by atoms with van der Waals surface area (Å²) in [7, 11) is 4.24. The number of benzene rings is 6. The van der Waals surface area contributed by atoms with Crippen molar-refractivity contribution >= 4 is 44.0 Å². The number of carbonyl (C=O) groups is 6. The number of rotatable bonds is 40. The van der Waals surface area contributed by atoms with Crippen molar-refractivity contribution < 1.29 is 134 Å². The number of ether oxygens (including phenoxy) is 8. The predicted octanol–water partition coefficient (Wildman–Crippen LogP) is 10.7. The SMILES string of the molecule is C.COc1ccc(C(CC23COC([C@H](n4cc(C#CCNC(=O)C(CCCCNC(=O)C(F)(F)F)NC(=O)C(F)(F)F)c(=O)[nH]c4=O)O2)[C@H]3O)(c2ccccc2)c2ccc(OC)cc2)cc1.COc1ccc(C(CC23COC([C@H](n4cc(C#CCNC(=O)C(CCCCNC(=O)C(F)(F)F)NC(=O)C(F)(F)F)c(=O)[nH]c4=O)O2)[C@H]3OP(OCCC#N)N(C(C)C)C(C)C)(c2ccccc2)c2ccc(OC)cc2)cc1. The van der Waals surface area contributed by atoms with E-state index in [0.29, 0.717) is 23.0 Å². The highest BCUT2D eigenvalue weighted by atomic mass is 31.2. The molecule has 0 radical (unpaired) electrons. The molecule has 12 rings (SSSR count). The second-order valence-corrected chi connectivity index (χ2v) is 35.4. The Hall–Kier alpha value is -13.4. The van der Waals surface area contributed by atoms with E-state index < -0.39 is 201 Å². The van der Waals surface area contributed by atoms with Crippen LogP contribution in [0.4, 0.5) is 52.7 Å². The van der Waals surface area contributed by atoms with Crippen LogP contribution in [0, 0.1) is 35.0 Å². The number of aromatic amines is 2. The number of methoxy groups -OCH3 is 4. The van der Waals surface area contributed by atoms with E-state index in [1.165, 1.54) is 5.32 Å². The standard InChI is InChI=1S/C53H60F6N7O11P.C44H43F6N5O10.CH4/c1-33(2)66(34(3)4)78(75-29-13-26-60)77-43-42-46(76-50(43,32-74-42)31-51(36-15-8-7-9-16-36,37-18-22-39(72-5)23-19-37)38-20-24-40(73-6)25-21-38)65-30-35(44(67)64-49(65)71)14-12-28-61-45(68)41(63-48(70)53(57,58)59)17-10-11-27-62-47(69)52(54,55)56;1-62-30-17-13-28(14-18-30)42(27-10-4-3-5-11-27,29-15-19-31(63-2)20-16-29)24-41-25-64-33(34(41)56)37(65-41)55-23-26(35(57)54-40(55)61)9-8-22-51-36(58)32(53-39(60)44(48,49)50)12-6-7-21-52-38(59)43(45,46)47;/h7-9,15-16,18-25,30,33-34,41-43,46H,10-11,13,17,27-29,31-32H2,1-6H3,(H,61,68)(H,62,69)(H,63,70)(H,64,67,71);3-5,10-11,13-20,23,32-34,37,56H,6-7,12,21-22,24-25H2,1-2H3,(H,51,58)(H,52,59)(H,53,60)(H,54,57,61);1H4/t41?,42?,43-,46-,50?,78?;32?,33?,34-,37-,41?;/m11./s1. The highest BCUT2D eigenvalue weighted by molar-refractivity contribution is 7.44.